The van der Waals surface area contributed by atoms with E-state index < -0.39 is 11.7 Å². The first-order valence-corrected chi connectivity index (χ1v) is 3.65. The van der Waals surface area contributed by atoms with Crippen molar-refractivity contribution in [3.63, 3.8) is 0 Å². The van der Waals surface area contributed by atoms with Crippen LogP contribution in [-0.4, -0.2) is 5.91 Å². The Labute approximate surface area is 83.5 Å². The topological polar surface area (TPSA) is 43.1 Å². The van der Waals surface area contributed by atoms with Gasteiger partial charge in [-0.25, -0.2) is 4.39 Å². The Balaban J connectivity index is 0.00000121. The normalized spacial score (nSPS) is 8.83. The second-order valence-corrected chi connectivity index (χ2v) is 2.94. The smallest absolute Gasteiger partial charge is 0.248 e. The Kier molecular flexibility index (Phi) is 4.20. The summed E-state index contributed by atoms with van der Waals surface area (Å²) < 4.78 is 13.1. The molecule has 0 bridgehead atoms. The quantitative estimate of drug-likeness (QED) is 0.819. The van der Waals surface area contributed by atoms with Crippen LogP contribution in [0.15, 0.2) is 22.7 Å². The zero-order valence-corrected chi connectivity index (χ0v) is 8.28. The molecule has 0 aliphatic heterocycles. The highest BCUT2D eigenvalue weighted by molar-refractivity contribution is 9.10. The van der Waals surface area contributed by atoms with Crippen molar-refractivity contribution in [1.82, 2.24) is 0 Å². The van der Waals surface area contributed by atoms with Crippen molar-refractivity contribution in [1.29, 1.82) is 0 Å². The molecule has 1 amide bonds. The molecule has 2 nitrogen and oxygen atoms in total. The molecular weight excluding hydrogens is 248 g/mol. The molecule has 2 N–H and O–H groups in total. The van der Waals surface area contributed by atoms with E-state index in [9.17, 15) is 9.18 Å². The number of carbonyl (C=O) groups is 1. The van der Waals surface area contributed by atoms with Crippen LogP contribution in [0.2, 0.25) is 0 Å². The predicted octanol–water partition coefficient (Wildman–Crippen LogP) is 2.11. The fourth-order valence-corrected chi connectivity index (χ4v) is 1.16. The minimum Gasteiger partial charge on any atom is -0.366 e. The lowest BCUT2D eigenvalue weighted by Crippen LogP contribution is -2.10. The van der Waals surface area contributed by atoms with E-state index in [0.29, 0.717) is 4.47 Å². The van der Waals surface area contributed by atoms with Gasteiger partial charge in [-0.15, -0.1) is 12.4 Å². The molecule has 0 aliphatic carbocycles. The van der Waals surface area contributed by atoms with Gasteiger partial charge in [0.25, 0.3) is 0 Å². The molecule has 0 aliphatic rings. The molecule has 0 spiro atoms. The van der Waals surface area contributed by atoms with Crippen molar-refractivity contribution in [2.75, 3.05) is 0 Å². The van der Waals surface area contributed by atoms with E-state index in [1.807, 2.05) is 0 Å². The maximum absolute atomic E-state index is 12.6. The minimum absolute atomic E-state index is 0. The van der Waals surface area contributed by atoms with E-state index in [1.165, 1.54) is 12.1 Å². The second kappa shape index (κ2) is 4.42. The molecule has 0 atom stereocenters. The predicted molar refractivity (Wildman–Crippen MR) is 49.9 cm³/mol. The average molecular weight is 254 g/mol. The Hall–Kier alpha value is -0.610. The molecule has 0 unspecified atom stereocenters. The zero-order valence-electron chi connectivity index (χ0n) is 5.88. The van der Waals surface area contributed by atoms with Gasteiger partial charge in [-0.05, 0) is 18.2 Å². The molecule has 12 heavy (non-hydrogen) atoms. The van der Waals surface area contributed by atoms with Crippen LogP contribution < -0.4 is 5.73 Å². The van der Waals surface area contributed by atoms with Gasteiger partial charge < -0.3 is 5.73 Å². The van der Waals surface area contributed by atoms with Crippen LogP contribution in [0, 0.1) is 5.82 Å². The monoisotopic (exact) mass is 253 g/mol. The molecule has 0 saturated heterocycles. The van der Waals surface area contributed by atoms with Gasteiger partial charge >= 0.3 is 0 Å². The molecule has 0 radical (unpaired) electrons. The maximum atomic E-state index is 12.6. The van der Waals surface area contributed by atoms with E-state index in [4.69, 9.17) is 5.73 Å². The summed E-state index contributed by atoms with van der Waals surface area (Å²) in [5.41, 5.74) is 5.09. The third-order valence-electron chi connectivity index (χ3n) is 1.15. The largest absolute Gasteiger partial charge is 0.366 e. The standard InChI is InChI=1S/C7H5BrFNO.ClH/c8-5-1-4(7(10)11)2-6(9)3-5;/h1-3H,(H2,10,11);1H. The molecule has 0 fully saturated rings. The number of primary amides is 1. The minimum atomic E-state index is -0.634. The van der Waals surface area contributed by atoms with Crippen LogP contribution in [0.1, 0.15) is 10.4 Å². The second-order valence-electron chi connectivity index (χ2n) is 2.02. The maximum Gasteiger partial charge on any atom is 0.248 e. The first kappa shape index (κ1) is 11.4. The summed E-state index contributed by atoms with van der Waals surface area (Å²) in [4.78, 5) is 10.5. The van der Waals surface area contributed by atoms with Gasteiger partial charge in [0.05, 0.1) is 0 Å². The van der Waals surface area contributed by atoms with Crippen LogP contribution in [0.4, 0.5) is 4.39 Å². The third kappa shape index (κ3) is 2.79. The summed E-state index contributed by atoms with van der Waals surface area (Å²) in [6, 6.07) is 3.81. The molecule has 66 valence electrons. The van der Waals surface area contributed by atoms with Gasteiger partial charge in [-0.2, -0.15) is 0 Å². The number of amides is 1. The van der Waals surface area contributed by atoms with E-state index >= 15 is 0 Å². The number of halogens is 3. The number of benzene rings is 1. The zero-order chi connectivity index (χ0) is 8.43. The summed E-state index contributed by atoms with van der Waals surface area (Å²) in [6.45, 7) is 0. The van der Waals surface area contributed by atoms with Crippen LogP contribution in [0.5, 0.6) is 0 Å². The van der Waals surface area contributed by atoms with Crippen molar-refractivity contribution in [3.8, 4) is 0 Å². The molecule has 1 aromatic rings. The van der Waals surface area contributed by atoms with Gasteiger partial charge in [0, 0.05) is 10.0 Å². The number of rotatable bonds is 1. The Morgan fingerprint density at radius 3 is 2.42 bits per heavy atom. The first-order valence-electron chi connectivity index (χ1n) is 2.85. The van der Waals surface area contributed by atoms with Crippen molar-refractivity contribution in [2.24, 2.45) is 5.73 Å². The molecule has 0 heterocycles. The SMILES string of the molecule is Cl.NC(=O)c1cc(F)cc(Br)c1. The lowest BCUT2D eigenvalue weighted by molar-refractivity contribution is 0.1000. The summed E-state index contributed by atoms with van der Waals surface area (Å²) in [5, 5.41) is 0. The Bertz CT molecular complexity index is 285. The number of hydrogen-bond donors (Lipinski definition) is 1. The van der Waals surface area contributed by atoms with E-state index in [-0.39, 0.29) is 18.0 Å². The number of carbonyl (C=O) groups excluding carboxylic acids is 1. The summed E-state index contributed by atoms with van der Waals surface area (Å²) in [5.74, 6) is -1.11. The number of hydrogen-bond acceptors (Lipinski definition) is 1. The van der Waals surface area contributed by atoms with Gasteiger partial charge in [-0.3, -0.25) is 4.79 Å². The fourth-order valence-electron chi connectivity index (χ4n) is 0.696. The highest BCUT2D eigenvalue weighted by Gasteiger charge is 2.02. The van der Waals surface area contributed by atoms with Crippen LogP contribution in [0.25, 0.3) is 0 Å². The highest BCUT2D eigenvalue weighted by atomic mass is 79.9. The lowest BCUT2D eigenvalue weighted by atomic mass is 10.2. The highest BCUT2D eigenvalue weighted by Crippen LogP contribution is 2.14. The van der Waals surface area contributed by atoms with Crippen molar-refractivity contribution in [2.45, 2.75) is 0 Å². The van der Waals surface area contributed by atoms with Crippen molar-refractivity contribution >= 4 is 34.2 Å². The summed E-state index contributed by atoms with van der Waals surface area (Å²) in [6.07, 6.45) is 0. The first-order chi connectivity index (χ1) is 5.09. The molecule has 0 aromatic heterocycles. The lowest BCUT2D eigenvalue weighted by Gasteiger charge is -1.96. The summed E-state index contributed by atoms with van der Waals surface area (Å²) in [7, 11) is 0. The average Bonchev–Trinajstić information content (AvgIpc) is 1.85. The van der Waals surface area contributed by atoms with Crippen LogP contribution in [0.3, 0.4) is 0 Å². The fraction of sp³-hybridized carbons (Fsp3) is 0. The van der Waals surface area contributed by atoms with Crippen LogP contribution >= 0.6 is 28.3 Å². The molecule has 0 saturated carbocycles. The van der Waals surface area contributed by atoms with Gasteiger partial charge in [-0.1, -0.05) is 15.9 Å². The van der Waals surface area contributed by atoms with Gasteiger partial charge in [0.2, 0.25) is 5.91 Å². The number of nitrogens with two attached hydrogens (primary N) is 1. The Morgan fingerprint density at radius 1 is 1.42 bits per heavy atom. The third-order valence-corrected chi connectivity index (χ3v) is 1.60. The van der Waals surface area contributed by atoms with E-state index in [1.54, 1.807) is 0 Å². The van der Waals surface area contributed by atoms with Crippen molar-refractivity contribution < 1.29 is 9.18 Å². The van der Waals surface area contributed by atoms with Gasteiger partial charge in [0.15, 0.2) is 0 Å². The van der Waals surface area contributed by atoms with E-state index in [2.05, 4.69) is 15.9 Å². The molecule has 5 heteroatoms. The molecular formula is C7H6BrClFNO. The van der Waals surface area contributed by atoms with Crippen LogP contribution in [-0.2, 0) is 0 Å². The molecule has 1 aromatic carbocycles. The molecule has 1 rings (SSSR count). The van der Waals surface area contributed by atoms with Crippen molar-refractivity contribution in [3.05, 3.63) is 34.1 Å². The van der Waals surface area contributed by atoms with Gasteiger partial charge in [0.1, 0.15) is 5.82 Å². The van der Waals surface area contributed by atoms with E-state index in [0.717, 1.165) is 6.07 Å². The summed E-state index contributed by atoms with van der Waals surface area (Å²) >= 11 is 3.03. The Morgan fingerprint density at radius 2 is 2.00 bits per heavy atom.